The van der Waals surface area contributed by atoms with Gasteiger partial charge in [0, 0.05) is 37.1 Å². The molecule has 1 aromatic heterocycles. The number of nitrogens with zero attached hydrogens (tertiary/aromatic N) is 1. The molecule has 0 N–H and O–H groups in total. The van der Waals surface area contributed by atoms with Crippen LogP contribution in [-0.4, -0.2) is 0 Å². The maximum absolute atomic E-state index is 2.46. The second-order valence-corrected chi connectivity index (χ2v) is 15.8. The first-order chi connectivity index (χ1) is 27.8. The van der Waals surface area contributed by atoms with Crippen molar-refractivity contribution in [2.75, 3.05) is 4.90 Å². The lowest BCUT2D eigenvalue weighted by molar-refractivity contribution is 1.00. The van der Waals surface area contributed by atoms with E-state index in [9.17, 15) is 0 Å². The van der Waals surface area contributed by atoms with Crippen molar-refractivity contribution < 1.29 is 0 Å². The summed E-state index contributed by atoms with van der Waals surface area (Å²) in [6.07, 6.45) is 6.77. The van der Waals surface area contributed by atoms with Gasteiger partial charge in [-0.3, -0.25) is 0 Å². The van der Waals surface area contributed by atoms with Crippen LogP contribution in [0.15, 0.2) is 194 Å². The fourth-order valence-corrected chi connectivity index (χ4v) is 9.91. The number of fused-ring (bicyclic) bond motifs is 9. The zero-order valence-corrected chi connectivity index (χ0v) is 31.6. The van der Waals surface area contributed by atoms with Gasteiger partial charge in [0.25, 0.3) is 0 Å². The van der Waals surface area contributed by atoms with E-state index in [1.165, 1.54) is 86.2 Å². The van der Waals surface area contributed by atoms with Crippen molar-refractivity contribution in [1.29, 1.82) is 0 Å². The van der Waals surface area contributed by atoms with Crippen molar-refractivity contribution in [1.82, 2.24) is 0 Å². The third-order valence-corrected chi connectivity index (χ3v) is 12.7. The number of thiophene rings is 1. The molecule has 0 unspecified atom stereocenters. The normalized spacial score (nSPS) is 12.4. The molecule has 1 heterocycles. The molecule has 1 aliphatic rings. The predicted octanol–water partition coefficient (Wildman–Crippen LogP) is 15.8. The van der Waals surface area contributed by atoms with Gasteiger partial charge < -0.3 is 4.90 Å². The lowest BCUT2D eigenvalue weighted by Gasteiger charge is -2.29. The van der Waals surface area contributed by atoms with Crippen LogP contribution in [0.1, 0.15) is 17.5 Å². The minimum absolute atomic E-state index is 1.04. The second kappa shape index (κ2) is 13.5. The number of hydrogen-bond acceptors (Lipinski definition) is 2. The lowest BCUT2D eigenvalue weighted by atomic mass is 9.86. The highest BCUT2D eigenvalue weighted by molar-refractivity contribution is 7.25. The van der Waals surface area contributed by atoms with Gasteiger partial charge in [-0.15, -0.1) is 11.3 Å². The van der Waals surface area contributed by atoms with E-state index >= 15 is 0 Å². The Kier molecular flexibility index (Phi) is 7.89. The summed E-state index contributed by atoms with van der Waals surface area (Å²) in [5.74, 6) is 0. The minimum atomic E-state index is 1.04. The smallest absolute Gasteiger partial charge is 0.0540 e. The van der Waals surface area contributed by atoms with E-state index in [1.807, 2.05) is 11.3 Å². The Bertz CT molecular complexity index is 3120. The van der Waals surface area contributed by atoms with Gasteiger partial charge in [-0.1, -0.05) is 152 Å². The largest absolute Gasteiger partial charge is 0.310 e. The summed E-state index contributed by atoms with van der Waals surface area (Å²) in [4.78, 5) is 2.46. The van der Waals surface area contributed by atoms with Crippen molar-refractivity contribution in [2.45, 2.75) is 12.8 Å². The molecule has 0 spiro atoms. The zero-order chi connectivity index (χ0) is 37.0. The van der Waals surface area contributed by atoms with Gasteiger partial charge in [-0.2, -0.15) is 0 Å². The number of aryl methyl sites for hydroxylation is 1. The van der Waals surface area contributed by atoms with Crippen molar-refractivity contribution >= 4 is 76.2 Å². The number of benzene rings is 9. The van der Waals surface area contributed by atoms with Gasteiger partial charge in [-0.25, -0.2) is 0 Å². The molecule has 11 rings (SSSR count). The Morgan fingerprint density at radius 2 is 1.00 bits per heavy atom. The number of anilines is 3. The van der Waals surface area contributed by atoms with E-state index in [1.54, 1.807) is 0 Å². The summed E-state index contributed by atoms with van der Waals surface area (Å²) in [5, 5.41) is 7.95. The Labute approximate surface area is 331 Å². The molecule has 0 amide bonds. The number of allylic oxidation sites excluding steroid dienone is 1. The van der Waals surface area contributed by atoms with E-state index in [-0.39, 0.29) is 0 Å². The average Bonchev–Trinajstić information content (AvgIpc) is 3.65. The molecule has 0 bridgehead atoms. The summed E-state index contributed by atoms with van der Waals surface area (Å²) in [7, 11) is 0. The summed E-state index contributed by atoms with van der Waals surface area (Å²) in [6, 6.07) is 69.3. The van der Waals surface area contributed by atoms with Gasteiger partial charge in [0.2, 0.25) is 0 Å². The first-order valence-corrected chi connectivity index (χ1v) is 20.3. The molecule has 0 aliphatic heterocycles. The zero-order valence-electron chi connectivity index (χ0n) is 30.8. The van der Waals surface area contributed by atoms with Gasteiger partial charge in [0.1, 0.15) is 0 Å². The van der Waals surface area contributed by atoms with Crippen LogP contribution in [0, 0.1) is 0 Å². The van der Waals surface area contributed by atoms with Crippen LogP contribution in [0.4, 0.5) is 17.1 Å². The minimum Gasteiger partial charge on any atom is -0.310 e. The topological polar surface area (TPSA) is 3.24 Å². The van der Waals surface area contributed by atoms with Crippen LogP contribution in [0.25, 0.3) is 81.2 Å². The molecule has 1 nitrogen and oxygen atoms in total. The highest BCUT2D eigenvalue weighted by Crippen LogP contribution is 2.45. The molecular weight excluding hydrogens is 695 g/mol. The maximum Gasteiger partial charge on any atom is 0.0540 e. The van der Waals surface area contributed by atoms with Crippen LogP contribution in [0.5, 0.6) is 0 Å². The first-order valence-electron chi connectivity index (χ1n) is 19.5. The van der Waals surface area contributed by atoms with Gasteiger partial charge >= 0.3 is 0 Å². The third kappa shape index (κ3) is 5.53. The SMILES string of the molecule is C1=Cc2c(c3cc(N(c4ccc(-c5ccc6sc7ccccc7c6c5)cc4)c4ccccc4-c4ccc(-c5ccccc5)cc4)ccc3c3ccccc23)CC1. The molecule has 2 heteroatoms. The predicted molar refractivity (Wildman–Crippen MR) is 243 cm³/mol. The van der Waals surface area contributed by atoms with E-state index in [0.29, 0.717) is 0 Å². The van der Waals surface area contributed by atoms with Crippen molar-refractivity contribution in [3.8, 4) is 33.4 Å². The monoisotopic (exact) mass is 731 g/mol. The molecule has 56 heavy (non-hydrogen) atoms. The Morgan fingerprint density at radius 1 is 0.393 bits per heavy atom. The van der Waals surface area contributed by atoms with Crippen LogP contribution in [0.3, 0.4) is 0 Å². The third-order valence-electron chi connectivity index (χ3n) is 11.5. The van der Waals surface area contributed by atoms with E-state index in [2.05, 4.69) is 205 Å². The van der Waals surface area contributed by atoms with Crippen molar-refractivity contribution in [2.24, 2.45) is 0 Å². The highest BCUT2D eigenvalue weighted by atomic mass is 32.1. The van der Waals surface area contributed by atoms with Crippen LogP contribution >= 0.6 is 11.3 Å². The van der Waals surface area contributed by atoms with E-state index in [0.717, 1.165) is 29.9 Å². The number of rotatable bonds is 6. The van der Waals surface area contributed by atoms with Crippen molar-refractivity contribution in [3.63, 3.8) is 0 Å². The molecule has 0 atom stereocenters. The quantitative estimate of drug-likeness (QED) is 0.154. The Hall–Kier alpha value is -6.74. The summed E-state index contributed by atoms with van der Waals surface area (Å²) in [6.45, 7) is 0. The molecule has 0 saturated heterocycles. The van der Waals surface area contributed by atoms with Gasteiger partial charge in [0.15, 0.2) is 0 Å². The molecule has 0 radical (unpaired) electrons. The summed E-state index contributed by atoms with van der Waals surface area (Å²) in [5.41, 5.74) is 13.5. The first kappa shape index (κ1) is 32.7. The fraction of sp³-hybridized carbons (Fsp3) is 0.0370. The van der Waals surface area contributed by atoms with Crippen LogP contribution in [-0.2, 0) is 6.42 Å². The van der Waals surface area contributed by atoms with Gasteiger partial charge in [-0.05, 0) is 122 Å². The van der Waals surface area contributed by atoms with Crippen molar-refractivity contribution in [3.05, 3.63) is 205 Å². The van der Waals surface area contributed by atoms with E-state index < -0.39 is 0 Å². The number of hydrogen-bond donors (Lipinski definition) is 0. The second-order valence-electron chi connectivity index (χ2n) is 14.8. The molecule has 0 saturated carbocycles. The summed E-state index contributed by atoms with van der Waals surface area (Å²) < 4.78 is 2.66. The molecule has 1 aliphatic carbocycles. The Balaban J connectivity index is 1.08. The van der Waals surface area contributed by atoms with Gasteiger partial charge in [0.05, 0.1) is 5.69 Å². The molecule has 264 valence electrons. The highest BCUT2D eigenvalue weighted by Gasteiger charge is 2.21. The molecule has 10 aromatic rings. The molecule has 0 fully saturated rings. The Morgan fingerprint density at radius 3 is 1.86 bits per heavy atom. The maximum atomic E-state index is 2.46. The van der Waals surface area contributed by atoms with E-state index in [4.69, 9.17) is 0 Å². The molecule has 9 aromatic carbocycles. The average molecular weight is 732 g/mol. The molecular formula is C54H37NS. The van der Waals surface area contributed by atoms with Crippen LogP contribution < -0.4 is 4.90 Å². The van der Waals surface area contributed by atoms with Crippen LogP contribution in [0.2, 0.25) is 0 Å². The lowest BCUT2D eigenvalue weighted by Crippen LogP contribution is -2.11. The summed E-state index contributed by atoms with van der Waals surface area (Å²) >= 11 is 1.87. The number of para-hydroxylation sites is 1. The standard InChI is InChI=1S/C54H37NS/c1-2-12-36(13-3-1)37-22-24-39(25-23-37)43-14-8-10-20-52(43)55(42-31-32-48-46-17-5-4-15-44(46)45-16-6-7-18-47(45)50(48)35-42)41-29-26-38(27-30-41)40-28-33-54-51(34-40)49-19-9-11-21-53(49)56-54/h1-6,8-17,19-35H,7,18H2. The fourth-order valence-electron chi connectivity index (χ4n) is 8.83.